The third-order valence-electron chi connectivity index (χ3n) is 6.51. The minimum atomic E-state index is 0.202. The van der Waals surface area contributed by atoms with E-state index in [0.29, 0.717) is 0 Å². The van der Waals surface area contributed by atoms with Crippen molar-refractivity contribution in [1.29, 1.82) is 0 Å². The molecule has 0 aliphatic heterocycles. The predicted octanol–water partition coefficient (Wildman–Crippen LogP) is 5.10. The van der Waals surface area contributed by atoms with E-state index in [1.54, 1.807) is 0 Å². The molecule has 1 N–H and O–H groups in total. The smallest absolute Gasteiger partial charge is 0.152 e. The fraction of sp³-hybridized carbons (Fsp3) is 0.526. The number of carbonyl (C=O) groups is 1. The average Bonchev–Trinajstić information content (AvgIpc) is 2.86. The third kappa shape index (κ3) is 1.65. The SMILES string of the molecule is O=Cc1c(C23CC4CC(CC(C4)C2)C3)[nH]c2c(Cl)cccc12. The van der Waals surface area contributed by atoms with Gasteiger partial charge in [0.1, 0.15) is 0 Å². The van der Waals surface area contributed by atoms with Crippen LogP contribution in [0.5, 0.6) is 0 Å². The first kappa shape index (κ1) is 13.2. The maximum atomic E-state index is 11.8. The molecule has 1 aromatic carbocycles. The molecule has 0 spiro atoms. The molecule has 0 saturated heterocycles. The van der Waals surface area contributed by atoms with E-state index in [1.165, 1.54) is 44.2 Å². The lowest BCUT2D eigenvalue weighted by Crippen LogP contribution is -2.49. The van der Waals surface area contributed by atoms with E-state index in [9.17, 15) is 4.79 Å². The van der Waals surface area contributed by atoms with Gasteiger partial charge in [0, 0.05) is 22.1 Å². The van der Waals surface area contributed by atoms with Crippen molar-refractivity contribution in [3.63, 3.8) is 0 Å². The molecule has 4 fully saturated rings. The third-order valence-corrected chi connectivity index (χ3v) is 6.82. The Bertz CT molecular complexity index is 740. The number of nitrogens with one attached hydrogen (secondary N) is 1. The Balaban J connectivity index is 1.73. The van der Waals surface area contributed by atoms with Gasteiger partial charge in [-0.2, -0.15) is 0 Å². The van der Waals surface area contributed by atoms with E-state index in [4.69, 9.17) is 11.6 Å². The molecule has 22 heavy (non-hydrogen) atoms. The summed E-state index contributed by atoms with van der Waals surface area (Å²) in [5.41, 5.74) is 3.19. The number of halogens is 1. The van der Waals surface area contributed by atoms with Gasteiger partial charge in [0.15, 0.2) is 6.29 Å². The lowest BCUT2D eigenvalue weighted by Gasteiger charge is -2.56. The largest absolute Gasteiger partial charge is 0.356 e. The lowest BCUT2D eigenvalue weighted by atomic mass is 9.48. The Labute approximate surface area is 135 Å². The summed E-state index contributed by atoms with van der Waals surface area (Å²) in [5.74, 6) is 2.60. The van der Waals surface area contributed by atoms with Crippen LogP contribution in [0.3, 0.4) is 0 Å². The molecule has 0 radical (unpaired) electrons. The van der Waals surface area contributed by atoms with Crippen molar-refractivity contribution >= 4 is 28.8 Å². The van der Waals surface area contributed by atoms with Crippen LogP contribution in [-0.4, -0.2) is 11.3 Å². The molecule has 4 bridgehead atoms. The molecule has 6 rings (SSSR count). The minimum absolute atomic E-state index is 0.202. The molecule has 0 atom stereocenters. The molecule has 0 amide bonds. The molecule has 2 nitrogen and oxygen atoms in total. The number of aldehydes is 1. The van der Waals surface area contributed by atoms with Crippen LogP contribution in [0.1, 0.15) is 54.6 Å². The Morgan fingerprint density at radius 3 is 2.32 bits per heavy atom. The van der Waals surface area contributed by atoms with Crippen molar-refractivity contribution in [2.24, 2.45) is 17.8 Å². The summed E-state index contributed by atoms with van der Waals surface area (Å²) in [5, 5.41) is 1.71. The van der Waals surface area contributed by atoms with Gasteiger partial charge in [-0.3, -0.25) is 4.79 Å². The van der Waals surface area contributed by atoms with Crippen LogP contribution < -0.4 is 0 Å². The van der Waals surface area contributed by atoms with Crippen LogP contribution in [0.2, 0.25) is 5.02 Å². The van der Waals surface area contributed by atoms with Crippen LogP contribution in [0.4, 0.5) is 0 Å². The van der Waals surface area contributed by atoms with Crippen LogP contribution in [0, 0.1) is 17.8 Å². The van der Waals surface area contributed by atoms with Gasteiger partial charge in [0.25, 0.3) is 0 Å². The summed E-state index contributed by atoms with van der Waals surface area (Å²) in [4.78, 5) is 15.4. The molecule has 2 aromatic rings. The normalized spacial score (nSPS) is 36.1. The summed E-state index contributed by atoms with van der Waals surface area (Å²) in [6.07, 6.45) is 9.05. The number of carbonyl (C=O) groups excluding carboxylic acids is 1. The summed E-state index contributed by atoms with van der Waals surface area (Å²) in [6, 6.07) is 5.86. The number of rotatable bonds is 2. The maximum absolute atomic E-state index is 11.8. The lowest BCUT2D eigenvalue weighted by molar-refractivity contribution is -0.00710. The molecule has 1 aromatic heterocycles. The summed E-state index contributed by atoms with van der Waals surface area (Å²) in [7, 11) is 0. The monoisotopic (exact) mass is 313 g/mol. The number of hydrogen-bond donors (Lipinski definition) is 1. The van der Waals surface area contributed by atoms with Crippen LogP contribution in [0.25, 0.3) is 10.9 Å². The van der Waals surface area contributed by atoms with Gasteiger partial charge < -0.3 is 4.98 Å². The van der Waals surface area contributed by atoms with Crippen molar-refractivity contribution in [3.05, 3.63) is 34.5 Å². The highest BCUT2D eigenvalue weighted by molar-refractivity contribution is 6.35. The second kappa shape index (κ2) is 4.38. The van der Waals surface area contributed by atoms with Gasteiger partial charge in [0.2, 0.25) is 0 Å². The van der Waals surface area contributed by atoms with Crippen molar-refractivity contribution in [3.8, 4) is 0 Å². The quantitative estimate of drug-likeness (QED) is 0.769. The van der Waals surface area contributed by atoms with E-state index in [1.807, 2.05) is 18.2 Å². The van der Waals surface area contributed by atoms with Crippen molar-refractivity contribution in [2.75, 3.05) is 0 Å². The van der Waals surface area contributed by atoms with Crippen molar-refractivity contribution in [2.45, 2.75) is 43.9 Å². The number of fused-ring (bicyclic) bond motifs is 1. The number of benzene rings is 1. The number of para-hydroxylation sites is 1. The highest BCUT2D eigenvalue weighted by atomic mass is 35.5. The second-order valence-corrected chi connectivity index (χ2v) is 8.30. The fourth-order valence-electron chi connectivity index (χ4n) is 6.16. The van der Waals surface area contributed by atoms with Gasteiger partial charge in [-0.25, -0.2) is 0 Å². The summed E-state index contributed by atoms with van der Waals surface area (Å²) < 4.78 is 0. The standard InChI is InChI=1S/C19H20ClNO/c20-16-3-1-2-14-15(10-22)18(21-17(14)16)19-7-11-4-12(8-19)6-13(5-11)9-19/h1-3,10-13,21H,4-9H2. The second-order valence-electron chi connectivity index (χ2n) is 7.89. The minimum Gasteiger partial charge on any atom is -0.356 e. The number of aromatic nitrogens is 1. The Morgan fingerprint density at radius 2 is 1.73 bits per heavy atom. The number of aromatic amines is 1. The molecule has 1 heterocycles. The van der Waals surface area contributed by atoms with Crippen LogP contribution >= 0.6 is 11.6 Å². The zero-order chi connectivity index (χ0) is 14.9. The number of hydrogen-bond acceptors (Lipinski definition) is 1. The topological polar surface area (TPSA) is 32.9 Å². The first-order chi connectivity index (χ1) is 10.7. The fourth-order valence-corrected chi connectivity index (χ4v) is 6.38. The predicted molar refractivity (Wildman–Crippen MR) is 88.5 cm³/mol. The van der Waals surface area contributed by atoms with Crippen LogP contribution in [0.15, 0.2) is 18.2 Å². The molecular weight excluding hydrogens is 294 g/mol. The highest BCUT2D eigenvalue weighted by Crippen LogP contribution is 2.61. The average molecular weight is 314 g/mol. The zero-order valence-electron chi connectivity index (χ0n) is 12.6. The molecule has 4 aliphatic carbocycles. The molecule has 114 valence electrons. The van der Waals surface area contributed by atoms with Gasteiger partial charge >= 0.3 is 0 Å². The zero-order valence-corrected chi connectivity index (χ0v) is 13.3. The molecule has 4 aliphatic rings. The Kier molecular flexibility index (Phi) is 2.63. The van der Waals surface area contributed by atoms with E-state index in [0.717, 1.165) is 45.5 Å². The van der Waals surface area contributed by atoms with Crippen molar-refractivity contribution < 1.29 is 4.79 Å². The van der Waals surface area contributed by atoms with Gasteiger partial charge in [-0.15, -0.1) is 0 Å². The summed E-state index contributed by atoms with van der Waals surface area (Å²) in [6.45, 7) is 0. The van der Waals surface area contributed by atoms with Gasteiger partial charge in [0.05, 0.1) is 10.5 Å². The first-order valence-corrected chi connectivity index (χ1v) is 8.82. The van der Waals surface area contributed by atoms with Crippen molar-refractivity contribution in [1.82, 2.24) is 4.98 Å². The molecular formula is C19H20ClNO. The van der Waals surface area contributed by atoms with E-state index < -0.39 is 0 Å². The van der Waals surface area contributed by atoms with E-state index in [2.05, 4.69) is 4.98 Å². The van der Waals surface area contributed by atoms with Gasteiger partial charge in [-0.1, -0.05) is 23.7 Å². The maximum Gasteiger partial charge on any atom is 0.152 e. The highest BCUT2D eigenvalue weighted by Gasteiger charge is 2.53. The molecule has 0 unspecified atom stereocenters. The van der Waals surface area contributed by atoms with Gasteiger partial charge in [-0.05, 0) is 62.3 Å². The molecule has 3 heteroatoms. The van der Waals surface area contributed by atoms with E-state index in [-0.39, 0.29) is 5.41 Å². The Morgan fingerprint density at radius 1 is 1.09 bits per heavy atom. The first-order valence-electron chi connectivity index (χ1n) is 8.44. The molecule has 4 saturated carbocycles. The summed E-state index contributed by atoms with van der Waals surface area (Å²) >= 11 is 6.36. The van der Waals surface area contributed by atoms with Crippen LogP contribution in [-0.2, 0) is 5.41 Å². The Hall–Kier alpha value is -1.28. The number of H-pyrrole nitrogens is 1. The van der Waals surface area contributed by atoms with E-state index >= 15 is 0 Å².